The Balaban J connectivity index is 1.37. The van der Waals surface area contributed by atoms with E-state index in [1.54, 1.807) is 6.07 Å². The van der Waals surface area contributed by atoms with Gasteiger partial charge in [0, 0.05) is 5.56 Å². The highest BCUT2D eigenvalue weighted by Gasteiger charge is 2.72. The second-order valence-corrected chi connectivity index (χ2v) is 13.3. The highest BCUT2D eigenvalue weighted by Crippen LogP contribution is 2.68. The van der Waals surface area contributed by atoms with E-state index >= 15 is 0 Å². The van der Waals surface area contributed by atoms with Gasteiger partial charge in [0.2, 0.25) is 12.2 Å². The van der Waals surface area contributed by atoms with Crippen LogP contribution in [0.3, 0.4) is 0 Å². The number of methoxy groups -OCH3 is 1. The van der Waals surface area contributed by atoms with E-state index in [0.717, 1.165) is 24.5 Å². The van der Waals surface area contributed by atoms with Gasteiger partial charge >= 0.3 is 41.8 Å². The zero-order valence-corrected chi connectivity index (χ0v) is 28.3. The molecule has 18 heteroatoms. The summed E-state index contributed by atoms with van der Waals surface area (Å²) in [4.78, 5) is 84.9. The van der Waals surface area contributed by atoms with Gasteiger partial charge in [0.1, 0.15) is 5.76 Å². The monoisotopic (exact) mass is 734 g/mol. The molecule has 1 aromatic rings. The molecule has 0 radical (unpaired) electrons. The first-order valence-corrected chi connectivity index (χ1v) is 16.4. The first-order chi connectivity index (χ1) is 24.4. The van der Waals surface area contributed by atoms with Crippen molar-refractivity contribution >= 4 is 41.8 Å². The zero-order chi connectivity index (χ0) is 38.3. The van der Waals surface area contributed by atoms with Gasteiger partial charge in [-0.05, 0) is 62.1 Å². The SMILES string of the molecule is COc1ccc2c3c1O[C@H]1C(OC(=O)C[C@H](OC(=O)C[C@H](O)C(=O)O)C(=O)O[C@@H](C)C(=O)O[C@@H](CC(=O)O)C(=O)O)=CC[C@@]4(O)[C@@H](C2)C(C)CC[C@]314. The van der Waals surface area contributed by atoms with Gasteiger partial charge in [0.15, 0.2) is 29.8 Å². The molecule has 1 unspecified atom stereocenters. The Bertz CT molecular complexity index is 1720. The quantitative estimate of drug-likeness (QED) is 0.120. The molecule has 5 N–H and O–H groups in total. The van der Waals surface area contributed by atoms with Gasteiger partial charge < -0.3 is 54.0 Å². The molecule has 0 saturated heterocycles. The van der Waals surface area contributed by atoms with Gasteiger partial charge in [-0.1, -0.05) is 13.0 Å². The van der Waals surface area contributed by atoms with E-state index in [0.29, 0.717) is 24.3 Å². The molecular weight excluding hydrogens is 696 g/mol. The van der Waals surface area contributed by atoms with Crippen LogP contribution in [0.2, 0.25) is 0 Å². The molecule has 4 aliphatic rings. The maximum Gasteiger partial charge on any atom is 0.348 e. The molecule has 1 fully saturated rings. The number of carboxylic acids is 3. The molecule has 282 valence electrons. The second kappa shape index (κ2) is 14.4. The molecule has 1 heterocycles. The largest absolute Gasteiger partial charge is 0.493 e. The topological polar surface area (TPSA) is 276 Å². The van der Waals surface area contributed by atoms with Crippen LogP contribution >= 0.6 is 0 Å². The lowest BCUT2D eigenvalue weighted by Gasteiger charge is -2.61. The van der Waals surface area contributed by atoms with Crippen molar-refractivity contribution in [2.24, 2.45) is 11.8 Å². The molecule has 0 aromatic heterocycles. The van der Waals surface area contributed by atoms with Crippen LogP contribution < -0.4 is 9.47 Å². The number of aliphatic carboxylic acids is 3. The van der Waals surface area contributed by atoms with Gasteiger partial charge in [0.05, 0.1) is 37.4 Å². The van der Waals surface area contributed by atoms with Crippen molar-refractivity contribution in [2.75, 3.05) is 7.11 Å². The number of rotatable bonds is 15. The lowest BCUT2D eigenvalue weighted by molar-refractivity contribution is -0.185. The van der Waals surface area contributed by atoms with Crippen LogP contribution in [-0.4, -0.2) is 111 Å². The van der Waals surface area contributed by atoms with Crippen LogP contribution in [-0.2, 0) is 64.3 Å². The first-order valence-electron chi connectivity index (χ1n) is 16.4. The standard InChI is InChI=1S/C34H38O18/c1-14-6-8-33-26-16-4-5-19(47-3)27(26)52-28(33)20(7-9-34(33,46)17(14)10-16)49-25(39)13-22(50-24(38)11-18(35)29(40)41)32(45)48-15(2)31(44)51-21(30(42)43)12-23(36)37/h4-5,7,14-15,17-18,21-22,28,35,46H,6,8-13H2,1-3H3,(H,36,37)(H,40,41)(H,42,43)/t14?,15-,17-,18-,21-,22-,28-,33-,34+/m0/s1. The molecule has 5 rings (SSSR count). The molecule has 9 atom stereocenters. The first kappa shape index (κ1) is 38.0. The minimum atomic E-state index is -2.24. The maximum atomic E-state index is 13.5. The van der Waals surface area contributed by atoms with Gasteiger partial charge in [0.25, 0.3) is 0 Å². The summed E-state index contributed by atoms with van der Waals surface area (Å²) in [6.45, 7) is 3.00. The van der Waals surface area contributed by atoms with Crippen molar-refractivity contribution in [3.05, 3.63) is 35.1 Å². The normalized spacial score (nSPS) is 27.2. The summed E-state index contributed by atoms with van der Waals surface area (Å²) >= 11 is 0. The van der Waals surface area contributed by atoms with E-state index in [4.69, 9.17) is 39.0 Å². The summed E-state index contributed by atoms with van der Waals surface area (Å²) in [7, 11) is 1.47. The fraction of sp³-hybridized carbons (Fsp3) is 0.559. The van der Waals surface area contributed by atoms with E-state index < -0.39 is 103 Å². The molecule has 0 amide bonds. The summed E-state index contributed by atoms with van der Waals surface area (Å²) in [5.74, 6) is -10.0. The Hall–Kier alpha value is -5.23. The number of aliphatic hydroxyl groups is 2. The van der Waals surface area contributed by atoms with Crippen molar-refractivity contribution in [2.45, 2.75) is 100 Å². The summed E-state index contributed by atoms with van der Waals surface area (Å²) in [5.41, 5.74) is -0.549. The molecule has 1 aliphatic heterocycles. The van der Waals surface area contributed by atoms with E-state index in [2.05, 4.69) is 11.7 Å². The van der Waals surface area contributed by atoms with Crippen LogP contribution in [0.15, 0.2) is 24.0 Å². The predicted octanol–water partition coefficient (Wildman–Crippen LogP) is 0.398. The summed E-state index contributed by atoms with van der Waals surface area (Å²) in [6.07, 6.45) is -9.38. The Morgan fingerprint density at radius 2 is 1.63 bits per heavy atom. The Kier molecular flexibility index (Phi) is 10.5. The van der Waals surface area contributed by atoms with Crippen molar-refractivity contribution in [3.8, 4) is 11.5 Å². The van der Waals surface area contributed by atoms with Crippen molar-refractivity contribution in [1.29, 1.82) is 0 Å². The molecule has 1 spiro atoms. The van der Waals surface area contributed by atoms with Crippen LogP contribution in [0.4, 0.5) is 0 Å². The second-order valence-electron chi connectivity index (χ2n) is 13.3. The fourth-order valence-electron chi connectivity index (χ4n) is 7.79. The number of carbonyl (C=O) groups excluding carboxylic acids is 4. The molecular formula is C34H38O18. The highest BCUT2D eigenvalue weighted by molar-refractivity contribution is 5.89. The third-order valence-corrected chi connectivity index (χ3v) is 10.2. The van der Waals surface area contributed by atoms with Gasteiger partial charge in [-0.3, -0.25) is 14.4 Å². The van der Waals surface area contributed by atoms with Crippen LogP contribution in [0, 0.1) is 11.8 Å². The molecule has 1 saturated carbocycles. The predicted molar refractivity (Wildman–Crippen MR) is 167 cm³/mol. The molecule has 1 aromatic carbocycles. The van der Waals surface area contributed by atoms with Gasteiger partial charge in [-0.25, -0.2) is 19.2 Å². The average Bonchev–Trinajstić information content (AvgIpc) is 3.42. The fourth-order valence-corrected chi connectivity index (χ4v) is 7.79. The van der Waals surface area contributed by atoms with E-state index in [9.17, 15) is 43.8 Å². The zero-order valence-electron chi connectivity index (χ0n) is 28.3. The molecule has 52 heavy (non-hydrogen) atoms. The van der Waals surface area contributed by atoms with Gasteiger partial charge in [-0.15, -0.1) is 0 Å². The lowest BCUT2D eigenvalue weighted by atomic mass is 9.45. The van der Waals surface area contributed by atoms with Crippen LogP contribution in [0.1, 0.15) is 63.5 Å². The van der Waals surface area contributed by atoms with Crippen molar-refractivity contribution in [3.63, 3.8) is 0 Å². The lowest BCUT2D eigenvalue weighted by Crippen LogP contribution is -2.69. The Morgan fingerprint density at radius 1 is 0.923 bits per heavy atom. The number of carbonyl (C=O) groups is 7. The number of ether oxygens (including phenoxy) is 6. The molecule has 2 bridgehead atoms. The number of hydrogen-bond donors (Lipinski definition) is 5. The highest BCUT2D eigenvalue weighted by atomic mass is 16.6. The van der Waals surface area contributed by atoms with E-state index in [-0.39, 0.29) is 24.0 Å². The van der Waals surface area contributed by atoms with E-state index in [1.165, 1.54) is 13.2 Å². The minimum Gasteiger partial charge on any atom is -0.493 e. The van der Waals surface area contributed by atoms with Crippen molar-refractivity contribution < 1.29 is 87.5 Å². The van der Waals surface area contributed by atoms with E-state index in [1.807, 2.05) is 6.07 Å². The summed E-state index contributed by atoms with van der Waals surface area (Å²) < 4.78 is 32.3. The molecule has 18 nitrogen and oxygen atoms in total. The number of aliphatic hydroxyl groups excluding tert-OH is 1. The number of esters is 4. The summed E-state index contributed by atoms with van der Waals surface area (Å²) in [6, 6.07) is 3.69. The molecule has 3 aliphatic carbocycles. The number of hydrogen-bond acceptors (Lipinski definition) is 15. The van der Waals surface area contributed by atoms with Crippen LogP contribution in [0.5, 0.6) is 11.5 Å². The Labute approximate surface area is 295 Å². The van der Waals surface area contributed by atoms with Crippen LogP contribution in [0.25, 0.3) is 0 Å². The van der Waals surface area contributed by atoms with Gasteiger partial charge in [-0.2, -0.15) is 0 Å². The maximum absolute atomic E-state index is 13.5. The Morgan fingerprint density at radius 3 is 2.27 bits per heavy atom. The third-order valence-electron chi connectivity index (χ3n) is 10.2. The summed E-state index contributed by atoms with van der Waals surface area (Å²) in [5, 5.41) is 49.0. The van der Waals surface area contributed by atoms with Crippen molar-refractivity contribution in [1.82, 2.24) is 0 Å². The minimum absolute atomic E-state index is 0.00362. The average molecular weight is 735 g/mol. The smallest absolute Gasteiger partial charge is 0.348 e. The third kappa shape index (κ3) is 6.74. The number of benzene rings is 1. The number of carboxylic acid groups (broad SMARTS) is 3.